The van der Waals surface area contributed by atoms with Gasteiger partial charge in [0.2, 0.25) is 0 Å². The second-order valence-electron chi connectivity index (χ2n) is 14.6. The van der Waals surface area contributed by atoms with Crippen molar-refractivity contribution < 1.29 is 4.42 Å². The molecule has 4 heterocycles. The number of furan rings is 1. The van der Waals surface area contributed by atoms with E-state index in [1.165, 1.54) is 31.1 Å². The highest BCUT2D eigenvalue weighted by Gasteiger charge is 2.19. The van der Waals surface area contributed by atoms with Gasteiger partial charge >= 0.3 is 0 Å². The fourth-order valence-corrected chi connectivity index (χ4v) is 9.66. The lowest BCUT2D eigenvalue weighted by Gasteiger charge is -2.12. The summed E-state index contributed by atoms with van der Waals surface area (Å²) in [6.45, 7) is 0. The molecule has 0 radical (unpaired) electrons. The van der Waals surface area contributed by atoms with Crippen LogP contribution in [-0.4, -0.2) is 19.9 Å². The molecule has 0 bridgehead atoms. The van der Waals surface area contributed by atoms with Crippen molar-refractivity contribution in [3.8, 4) is 56.5 Å². The van der Waals surface area contributed by atoms with Crippen LogP contribution in [0.3, 0.4) is 0 Å². The van der Waals surface area contributed by atoms with E-state index in [1.54, 1.807) is 0 Å². The first-order valence-electron chi connectivity index (χ1n) is 19.3. The molecule has 0 aliphatic rings. The molecule has 12 rings (SSSR count). The minimum Gasteiger partial charge on any atom is -0.456 e. The van der Waals surface area contributed by atoms with Gasteiger partial charge in [-0.25, -0.2) is 19.9 Å². The molecule has 0 atom stereocenters. The SMILES string of the molecule is c1ccc(-c2nc(-c3cccc(-c4cccc5c4sc4ccc6c(-c7ccccc7)nc7ccccc7c6c45)c3)nc(-c3ccc4c(c3)oc3ccccc34)n2)cc1. The first-order chi connectivity index (χ1) is 28.7. The van der Waals surface area contributed by atoms with E-state index >= 15 is 0 Å². The quantitative estimate of drug-likeness (QED) is 0.164. The van der Waals surface area contributed by atoms with Crippen molar-refractivity contribution in [2.75, 3.05) is 0 Å². The molecule has 4 aromatic heterocycles. The molecule has 0 saturated carbocycles. The van der Waals surface area contributed by atoms with E-state index < -0.39 is 0 Å². The molecule has 6 heteroatoms. The third-order valence-electron chi connectivity index (χ3n) is 11.1. The highest BCUT2D eigenvalue weighted by Crippen LogP contribution is 2.46. The number of nitrogens with zero attached hydrogens (tertiary/aromatic N) is 4. The second kappa shape index (κ2) is 13.0. The van der Waals surface area contributed by atoms with Gasteiger partial charge in [-0.1, -0.05) is 146 Å². The van der Waals surface area contributed by atoms with Gasteiger partial charge in [0.05, 0.1) is 11.2 Å². The van der Waals surface area contributed by atoms with Crippen LogP contribution in [0.2, 0.25) is 0 Å². The summed E-state index contributed by atoms with van der Waals surface area (Å²) in [6.07, 6.45) is 0. The van der Waals surface area contributed by atoms with E-state index in [0.717, 1.165) is 71.7 Å². The second-order valence-corrected chi connectivity index (χ2v) is 15.6. The third-order valence-corrected chi connectivity index (χ3v) is 12.3. The van der Waals surface area contributed by atoms with Crippen LogP contribution in [0.4, 0.5) is 0 Å². The Bertz CT molecular complexity index is 3570. The Balaban J connectivity index is 1.03. The maximum atomic E-state index is 6.26. The molecular weight excluding hydrogens is 729 g/mol. The molecule has 0 saturated heterocycles. The van der Waals surface area contributed by atoms with Crippen LogP contribution in [0.1, 0.15) is 0 Å². The average molecular weight is 759 g/mol. The Morgan fingerprint density at radius 2 is 0.966 bits per heavy atom. The van der Waals surface area contributed by atoms with Crippen molar-refractivity contribution in [2.45, 2.75) is 0 Å². The zero-order chi connectivity index (χ0) is 38.2. The highest BCUT2D eigenvalue weighted by molar-refractivity contribution is 7.26. The highest BCUT2D eigenvalue weighted by atomic mass is 32.1. The van der Waals surface area contributed by atoms with Gasteiger partial charge in [-0.3, -0.25) is 0 Å². The number of benzene rings is 8. The summed E-state index contributed by atoms with van der Waals surface area (Å²) in [7, 11) is 0. The van der Waals surface area contributed by atoms with Crippen LogP contribution in [0.5, 0.6) is 0 Å². The predicted octanol–water partition coefficient (Wildman–Crippen LogP) is 14.2. The summed E-state index contributed by atoms with van der Waals surface area (Å²) in [5.41, 5.74) is 9.74. The number of thiophene rings is 1. The normalized spacial score (nSPS) is 11.8. The number of rotatable bonds is 5. The zero-order valence-corrected chi connectivity index (χ0v) is 31.7. The van der Waals surface area contributed by atoms with Crippen molar-refractivity contribution >= 4 is 75.1 Å². The molecule has 0 spiro atoms. The van der Waals surface area contributed by atoms with Gasteiger partial charge in [0.15, 0.2) is 17.5 Å². The molecule has 0 unspecified atom stereocenters. The van der Waals surface area contributed by atoms with E-state index in [-0.39, 0.29) is 0 Å². The molecular formula is C52H30N4OS. The van der Waals surface area contributed by atoms with Crippen LogP contribution in [-0.2, 0) is 0 Å². The maximum Gasteiger partial charge on any atom is 0.164 e. The lowest BCUT2D eigenvalue weighted by atomic mass is 9.95. The van der Waals surface area contributed by atoms with E-state index in [2.05, 4.69) is 127 Å². The van der Waals surface area contributed by atoms with Gasteiger partial charge in [0, 0.05) is 69.4 Å². The number of hydrogen-bond donors (Lipinski definition) is 0. The number of aromatic nitrogens is 4. The topological polar surface area (TPSA) is 64.7 Å². The maximum absolute atomic E-state index is 6.26. The molecule has 12 aromatic rings. The Morgan fingerprint density at radius 1 is 0.362 bits per heavy atom. The van der Waals surface area contributed by atoms with Crippen molar-refractivity contribution in [3.05, 3.63) is 182 Å². The smallest absolute Gasteiger partial charge is 0.164 e. The number of pyridine rings is 1. The number of hydrogen-bond acceptors (Lipinski definition) is 6. The Labute approximate surface area is 336 Å². The Morgan fingerprint density at radius 3 is 1.79 bits per heavy atom. The lowest BCUT2D eigenvalue weighted by molar-refractivity contribution is 0.669. The molecule has 0 aliphatic heterocycles. The lowest BCUT2D eigenvalue weighted by Crippen LogP contribution is -2.00. The van der Waals surface area contributed by atoms with Gasteiger partial charge in [0.25, 0.3) is 0 Å². The summed E-state index contributed by atoms with van der Waals surface area (Å²) in [5, 5.41) is 8.21. The monoisotopic (exact) mass is 758 g/mol. The van der Waals surface area contributed by atoms with Gasteiger partial charge in [0.1, 0.15) is 11.2 Å². The largest absolute Gasteiger partial charge is 0.456 e. The first-order valence-corrected chi connectivity index (χ1v) is 20.1. The predicted molar refractivity (Wildman–Crippen MR) is 240 cm³/mol. The van der Waals surface area contributed by atoms with E-state index in [1.807, 2.05) is 65.9 Å². The number of para-hydroxylation sites is 2. The first kappa shape index (κ1) is 32.7. The Hall–Kier alpha value is -7.54. The van der Waals surface area contributed by atoms with Crippen LogP contribution in [0, 0.1) is 0 Å². The van der Waals surface area contributed by atoms with Crippen LogP contribution in [0.25, 0.3) is 120 Å². The Kier molecular flexibility index (Phi) is 7.33. The molecule has 0 fully saturated rings. The summed E-state index contributed by atoms with van der Waals surface area (Å²) < 4.78 is 8.75. The number of fused-ring (bicyclic) bond motifs is 10. The minimum absolute atomic E-state index is 0.590. The molecule has 0 amide bonds. The van der Waals surface area contributed by atoms with Crippen molar-refractivity contribution in [2.24, 2.45) is 0 Å². The fourth-order valence-electron chi connectivity index (χ4n) is 8.41. The molecule has 8 aromatic carbocycles. The standard InChI is InChI=1S/C52H30N4OS/c1-3-13-31(14-4-1)48-40-27-28-45-47(46(40)39-20-7-9-23-42(39)53-48)41-22-12-21-36(49(41)58-45)33-17-11-18-34(29-33)51-54-50(32-15-5-2-6-16-32)55-52(56-51)35-25-26-38-37-19-8-10-24-43(37)57-44(38)30-35/h1-30H. The molecule has 0 aliphatic carbocycles. The van der Waals surface area contributed by atoms with Crippen LogP contribution >= 0.6 is 11.3 Å². The summed E-state index contributed by atoms with van der Waals surface area (Å²) in [6, 6.07) is 63.2. The molecule has 5 nitrogen and oxygen atoms in total. The van der Waals surface area contributed by atoms with Crippen molar-refractivity contribution in [1.82, 2.24) is 19.9 Å². The molecule has 0 N–H and O–H groups in total. The third kappa shape index (κ3) is 5.23. The summed E-state index contributed by atoms with van der Waals surface area (Å²) in [5.74, 6) is 1.81. The van der Waals surface area contributed by atoms with Crippen molar-refractivity contribution in [3.63, 3.8) is 0 Å². The van der Waals surface area contributed by atoms with Crippen LogP contribution < -0.4 is 0 Å². The van der Waals surface area contributed by atoms with E-state index in [4.69, 9.17) is 24.4 Å². The van der Waals surface area contributed by atoms with Crippen molar-refractivity contribution in [1.29, 1.82) is 0 Å². The molecule has 270 valence electrons. The van der Waals surface area contributed by atoms with E-state index in [0.29, 0.717) is 17.5 Å². The van der Waals surface area contributed by atoms with Gasteiger partial charge < -0.3 is 4.42 Å². The summed E-state index contributed by atoms with van der Waals surface area (Å²) >= 11 is 1.84. The van der Waals surface area contributed by atoms with Gasteiger partial charge in [-0.15, -0.1) is 11.3 Å². The van der Waals surface area contributed by atoms with Gasteiger partial charge in [-0.05, 0) is 47.5 Å². The van der Waals surface area contributed by atoms with Gasteiger partial charge in [-0.2, -0.15) is 0 Å². The zero-order valence-electron chi connectivity index (χ0n) is 30.9. The fraction of sp³-hybridized carbons (Fsp3) is 0. The van der Waals surface area contributed by atoms with E-state index in [9.17, 15) is 0 Å². The molecule has 58 heavy (non-hydrogen) atoms. The van der Waals surface area contributed by atoms with Crippen LogP contribution in [0.15, 0.2) is 186 Å². The minimum atomic E-state index is 0.590. The summed E-state index contributed by atoms with van der Waals surface area (Å²) in [4.78, 5) is 20.4. The average Bonchev–Trinajstić information content (AvgIpc) is 3.87.